The minimum Gasteiger partial charge on any atom is -0.478 e. The lowest BCUT2D eigenvalue weighted by atomic mass is 10.1. The minimum absolute atomic E-state index is 0.248. The summed E-state index contributed by atoms with van der Waals surface area (Å²) in [7, 11) is 0. The molecule has 0 atom stereocenters. The quantitative estimate of drug-likeness (QED) is 0.465. The van der Waals surface area contributed by atoms with Gasteiger partial charge in [-0.1, -0.05) is 12.7 Å². The molecule has 55 valence electrons. The maximum absolute atomic E-state index is 10.2. The molecule has 2 nitrogen and oxygen atoms in total. The Balaban J connectivity index is 3.40. The molecular formula is C8H11O2. The number of carboxylic acids is 1. The number of carbonyl (C=O) groups is 1. The Hall–Kier alpha value is -1.05. The van der Waals surface area contributed by atoms with E-state index in [1.54, 1.807) is 6.08 Å². The molecule has 0 fully saturated rings. The molecule has 0 bridgehead atoms. The second kappa shape index (κ2) is 4.79. The van der Waals surface area contributed by atoms with Gasteiger partial charge in [0.1, 0.15) is 0 Å². The van der Waals surface area contributed by atoms with Crippen molar-refractivity contribution in [1.82, 2.24) is 0 Å². The third kappa shape index (κ3) is 3.89. The van der Waals surface area contributed by atoms with Crippen LogP contribution in [0.1, 0.15) is 12.8 Å². The van der Waals surface area contributed by atoms with Crippen LogP contribution in [0.15, 0.2) is 24.8 Å². The average Bonchev–Trinajstić information content (AvgIpc) is 1.88. The van der Waals surface area contributed by atoms with Gasteiger partial charge in [0.15, 0.2) is 0 Å². The van der Waals surface area contributed by atoms with Gasteiger partial charge in [-0.25, -0.2) is 4.79 Å². The number of aliphatic carboxylic acids is 1. The van der Waals surface area contributed by atoms with Gasteiger partial charge in [-0.15, -0.1) is 6.58 Å². The molecule has 1 radical (unpaired) electrons. The van der Waals surface area contributed by atoms with Crippen LogP contribution in [0.3, 0.4) is 0 Å². The predicted octanol–water partition coefficient (Wildman–Crippen LogP) is 1.80. The van der Waals surface area contributed by atoms with Crippen molar-refractivity contribution in [1.29, 1.82) is 0 Å². The molecule has 10 heavy (non-hydrogen) atoms. The van der Waals surface area contributed by atoms with Gasteiger partial charge in [0.2, 0.25) is 0 Å². The van der Waals surface area contributed by atoms with Crippen molar-refractivity contribution in [2.75, 3.05) is 0 Å². The lowest BCUT2D eigenvalue weighted by Gasteiger charge is -1.95. The highest BCUT2D eigenvalue weighted by Crippen LogP contribution is 2.03. The first kappa shape index (κ1) is 8.95. The van der Waals surface area contributed by atoms with Crippen molar-refractivity contribution in [2.24, 2.45) is 0 Å². The van der Waals surface area contributed by atoms with Crippen molar-refractivity contribution in [3.8, 4) is 0 Å². The third-order valence-electron chi connectivity index (χ3n) is 1.08. The fraction of sp³-hybridized carbons (Fsp3) is 0.250. The van der Waals surface area contributed by atoms with E-state index in [2.05, 4.69) is 13.2 Å². The molecule has 0 saturated heterocycles. The van der Waals surface area contributed by atoms with Gasteiger partial charge in [-0.2, -0.15) is 0 Å². The van der Waals surface area contributed by atoms with Crippen LogP contribution in [0, 0.1) is 6.42 Å². The van der Waals surface area contributed by atoms with Crippen LogP contribution < -0.4 is 0 Å². The number of carboxylic acid groups (broad SMARTS) is 1. The first-order chi connectivity index (χ1) is 4.68. The zero-order chi connectivity index (χ0) is 7.98. The summed E-state index contributed by atoms with van der Waals surface area (Å²) in [5, 5.41) is 8.34. The normalized spacial score (nSPS) is 8.80. The Morgan fingerprint density at radius 1 is 1.60 bits per heavy atom. The van der Waals surface area contributed by atoms with Gasteiger partial charge in [-0.3, -0.25) is 0 Å². The zero-order valence-corrected chi connectivity index (χ0v) is 5.84. The summed E-state index contributed by atoms with van der Waals surface area (Å²) >= 11 is 0. The molecule has 0 rings (SSSR count). The predicted molar refractivity (Wildman–Crippen MR) is 40.5 cm³/mol. The van der Waals surface area contributed by atoms with E-state index >= 15 is 0 Å². The first-order valence-electron chi connectivity index (χ1n) is 3.03. The molecule has 0 heterocycles. The number of rotatable bonds is 5. The van der Waals surface area contributed by atoms with Crippen molar-refractivity contribution in [3.63, 3.8) is 0 Å². The lowest BCUT2D eigenvalue weighted by Crippen LogP contribution is -1.98. The second-order valence-corrected chi connectivity index (χ2v) is 1.92. The minimum atomic E-state index is -0.919. The molecule has 1 N–H and O–H groups in total. The summed E-state index contributed by atoms with van der Waals surface area (Å²) < 4.78 is 0. The summed E-state index contributed by atoms with van der Waals surface area (Å²) in [5.74, 6) is -0.919. The lowest BCUT2D eigenvalue weighted by molar-refractivity contribution is -0.132. The fourth-order valence-corrected chi connectivity index (χ4v) is 0.482. The molecule has 0 unspecified atom stereocenters. The van der Waals surface area contributed by atoms with Crippen LogP contribution in [-0.2, 0) is 4.79 Å². The molecule has 0 aromatic carbocycles. The van der Waals surface area contributed by atoms with Gasteiger partial charge < -0.3 is 5.11 Å². The summed E-state index contributed by atoms with van der Waals surface area (Å²) in [6, 6.07) is 0. The van der Waals surface area contributed by atoms with Gasteiger partial charge in [-0.05, 0) is 19.3 Å². The molecule has 0 saturated carbocycles. The average molecular weight is 139 g/mol. The Bertz CT molecular complexity index is 147. The van der Waals surface area contributed by atoms with Crippen molar-refractivity contribution < 1.29 is 9.90 Å². The van der Waals surface area contributed by atoms with Crippen molar-refractivity contribution in [2.45, 2.75) is 12.8 Å². The van der Waals surface area contributed by atoms with Crippen LogP contribution >= 0.6 is 0 Å². The Morgan fingerprint density at radius 3 is 2.60 bits per heavy atom. The van der Waals surface area contributed by atoms with Crippen molar-refractivity contribution >= 4 is 5.97 Å². The highest BCUT2D eigenvalue weighted by Gasteiger charge is 2.01. The number of hydrogen-bond donors (Lipinski definition) is 1. The topological polar surface area (TPSA) is 37.3 Å². The number of allylic oxidation sites excluding steroid dienone is 1. The molecule has 0 aromatic heterocycles. The third-order valence-corrected chi connectivity index (χ3v) is 1.08. The van der Waals surface area contributed by atoms with E-state index in [9.17, 15) is 4.79 Å². The number of unbranched alkanes of at least 4 members (excludes halogenated alkanes) is 1. The van der Waals surface area contributed by atoms with E-state index in [1.807, 2.05) is 6.42 Å². The molecule has 0 aliphatic heterocycles. The van der Waals surface area contributed by atoms with Crippen LogP contribution in [0.2, 0.25) is 0 Å². The summed E-state index contributed by atoms with van der Waals surface area (Å²) in [6.45, 7) is 6.84. The zero-order valence-electron chi connectivity index (χ0n) is 5.84. The molecule has 0 aliphatic carbocycles. The Kier molecular flexibility index (Phi) is 4.29. The van der Waals surface area contributed by atoms with Gasteiger partial charge in [0.05, 0.1) is 0 Å². The smallest absolute Gasteiger partial charge is 0.330 e. The van der Waals surface area contributed by atoms with E-state index in [0.717, 1.165) is 0 Å². The van der Waals surface area contributed by atoms with Gasteiger partial charge >= 0.3 is 5.97 Å². The van der Waals surface area contributed by atoms with E-state index in [-0.39, 0.29) is 5.57 Å². The van der Waals surface area contributed by atoms with Crippen LogP contribution in [0.25, 0.3) is 0 Å². The summed E-state index contributed by atoms with van der Waals surface area (Å²) in [6.07, 6.45) is 4.67. The first-order valence-corrected chi connectivity index (χ1v) is 3.03. The summed E-state index contributed by atoms with van der Waals surface area (Å²) in [4.78, 5) is 10.2. The van der Waals surface area contributed by atoms with E-state index in [4.69, 9.17) is 5.11 Å². The number of hydrogen-bond acceptors (Lipinski definition) is 1. The Morgan fingerprint density at radius 2 is 2.20 bits per heavy atom. The van der Waals surface area contributed by atoms with E-state index < -0.39 is 5.97 Å². The van der Waals surface area contributed by atoms with Gasteiger partial charge in [0, 0.05) is 5.57 Å². The molecule has 0 spiro atoms. The highest BCUT2D eigenvalue weighted by atomic mass is 16.4. The van der Waals surface area contributed by atoms with Crippen molar-refractivity contribution in [3.05, 3.63) is 31.2 Å². The van der Waals surface area contributed by atoms with Crippen LogP contribution in [-0.4, -0.2) is 11.1 Å². The molecule has 2 heteroatoms. The molecule has 0 aromatic rings. The van der Waals surface area contributed by atoms with Crippen LogP contribution in [0.5, 0.6) is 0 Å². The van der Waals surface area contributed by atoms with E-state index in [0.29, 0.717) is 12.8 Å². The standard InChI is InChI=1S/C8H11O2/c1-3-4-5-6-7(2)8(9)10/h3-4H,1-2,5-6H2,(H,9,10). The van der Waals surface area contributed by atoms with Crippen LogP contribution in [0.4, 0.5) is 0 Å². The maximum atomic E-state index is 10.2. The highest BCUT2D eigenvalue weighted by molar-refractivity contribution is 5.85. The monoisotopic (exact) mass is 139 g/mol. The second-order valence-electron chi connectivity index (χ2n) is 1.92. The summed E-state index contributed by atoms with van der Waals surface area (Å²) in [5.41, 5.74) is 0.248. The largest absolute Gasteiger partial charge is 0.478 e. The Labute approximate surface area is 60.9 Å². The molecular weight excluding hydrogens is 128 g/mol. The molecule has 0 amide bonds. The van der Waals surface area contributed by atoms with Gasteiger partial charge in [0.25, 0.3) is 0 Å². The maximum Gasteiger partial charge on any atom is 0.330 e. The SMILES string of the molecule is C=C[CH]CCC(=C)C(=O)O. The van der Waals surface area contributed by atoms with E-state index in [1.165, 1.54) is 0 Å². The molecule has 0 aliphatic rings. The fourth-order valence-electron chi connectivity index (χ4n) is 0.482.